The number of piperidine rings is 1. The number of carbonyl (C=O) groups excluding carboxylic acids is 1. The lowest BCUT2D eigenvalue weighted by atomic mass is 10.00. The predicted molar refractivity (Wildman–Crippen MR) is 65.0 cm³/mol. The molecule has 0 aliphatic carbocycles. The Kier molecular flexibility index (Phi) is 2.95. The average Bonchev–Trinajstić information content (AvgIpc) is 2.94. The van der Waals surface area contributed by atoms with Crippen molar-refractivity contribution in [1.82, 2.24) is 15.2 Å². The quantitative estimate of drug-likeness (QED) is 0.880. The van der Waals surface area contributed by atoms with Crippen molar-refractivity contribution in [2.24, 2.45) is 5.92 Å². The van der Waals surface area contributed by atoms with Crippen LogP contribution < -0.4 is 5.32 Å². The van der Waals surface area contributed by atoms with Gasteiger partial charge in [0.05, 0.1) is 5.02 Å². The number of rotatable bonds is 2. The highest BCUT2D eigenvalue weighted by Crippen LogP contribution is 2.27. The molecule has 96 valence electrons. The smallest absolute Gasteiger partial charge is 0.270 e. The third-order valence-corrected chi connectivity index (χ3v) is 3.97. The fourth-order valence-electron chi connectivity index (χ4n) is 2.73. The number of halogens is 2. The van der Waals surface area contributed by atoms with Gasteiger partial charge in [-0.05, 0) is 18.9 Å². The molecule has 3 atom stereocenters. The zero-order valence-corrected chi connectivity index (χ0v) is 10.5. The fourth-order valence-corrected chi connectivity index (χ4v) is 2.83. The van der Waals surface area contributed by atoms with Gasteiger partial charge < -0.3 is 10.2 Å². The highest BCUT2D eigenvalue weighted by atomic mass is 35.5. The van der Waals surface area contributed by atoms with Crippen molar-refractivity contribution in [3.8, 4) is 0 Å². The van der Waals surface area contributed by atoms with Crippen molar-refractivity contribution >= 4 is 17.5 Å². The lowest BCUT2D eigenvalue weighted by molar-refractivity contribution is 0.0919. The number of aromatic nitrogens is 1. The number of carbonyl (C=O) groups is 1. The Morgan fingerprint density at radius 3 is 3.00 bits per heavy atom. The molecule has 1 aromatic heterocycles. The van der Waals surface area contributed by atoms with Crippen molar-refractivity contribution in [2.45, 2.75) is 12.5 Å². The zero-order chi connectivity index (χ0) is 12.7. The highest BCUT2D eigenvalue weighted by molar-refractivity contribution is 6.30. The lowest BCUT2D eigenvalue weighted by Gasteiger charge is -2.22. The zero-order valence-electron chi connectivity index (χ0n) is 9.70. The summed E-state index contributed by atoms with van der Waals surface area (Å²) in [6.45, 7) is 3.05. The van der Waals surface area contributed by atoms with Gasteiger partial charge >= 0.3 is 0 Å². The van der Waals surface area contributed by atoms with Crippen LogP contribution in [0, 0.1) is 11.7 Å². The minimum Gasteiger partial charge on any atom is -0.346 e. The molecule has 3 heterocycles. The normalized spacial score (nSPS) is 29.6. The fraction of sp³-hybridized carbons (Fsp3) is 0.500. The minimum absolute atomic E-state index is 0.0717. The monoisotopic (exact) mass is 269 g/mol. The molecular formula is C12H13ClFN3O. The largest absolute Gasteiger partial charge is 0.346 e. The van der Waals surface area contributed by atoms with Gasteiger partial charge in [-0.3, -0.25) is 4.79 Å². The summed E-state index contributed by atoms with van der Waals surface area (Å²) >= 11 is 5.53. The van der Waals surface area contributed by atoms with Crippen LogP contribution in [0.3, 0.4) is 0 Å². The maximum atomic E-state index is 13.2. The summed E-state index contributed by atoms with van der Waals surface area (Å²) in [5.41, 5.74) is 0.0784. The van der Waals surface area contributed by atoms with Crippen molar-refractivity contribution in [1.29, 1.82) is 0 Å². The van der Waals surface area contributed by atoms with Crippen LogP contribution in [0.5, 0.6) is 0 Å². The summed E-state index contributed by atoms with van der Waals surface area (Å²) in [7, 11) is 0. The molecule has 0 aromatic carbocycles. The van der Waals surface area contributed by atoms with Crippen LogP contribution in [0.2, 0.25) is 5.02 Å². The topological polar surface area (TPSA) is 45.2 Å². The maximum absolute atomic E-state index is 13.2. The first-order valence-corrected chi connectivity index (χ1v) is 6.35. The Morgan fingerprint density at radius 2 is 2.39 bits per heavy atom. The van der Waals surface area contributed by atoms with Crippen molar-refractivity contribution < 1.29 is 9.18 Å². The number of hydrogen-bond acceptors (Lipinski definition) is 3. The molecule has 1 N–H and O–H groups in total. The van der Waals surface area contributed by atoms with E-state index in [2.05, 4.69) is 15.2 Å². The minimum atomic E-state index is -0.617. The van der Waals surface area contributed by atoms with E-state index in [4.69, 9.17) is 11.6 Å². The summed E-state index contributed by atoms with van der Waals surface area (Å²) in [5.74, 6) is -0.427. The molecule has 0 saturated carbocycles. The van der Waals surface area contributed by atoms with Crippen LogP contribution in [-0.4, -0.2) is 41.5 Å². The molecule has 2 aliphatic heterocycles. The average molecular weight is 270 g/mol. The van der Waals surface area contributed by atoms with Gasteiger partial charge in [-0.1, -0.05) is 11.6 Å². The second kappa shape index (κ2) is 4.48. The van der Waals surface area contributed by atoms with E-state index >= 15 is 0 Å². The van der Waals surface area contributed by atoms with Gasteiger partial charge in [0.25, 0.3) is 5.91 Å². The van der Waals surface area contributed by atoms with E-state index in [-0.39, 0.29) is 22.7 Å². The van der Waals surface area contributed by atoms with E-state index in [9.17, 15) is 9.18 Å². The summed E-state index contributed by atoms with van der Waals surface area (Å²) in [4.78, 5) is 18.1. The van der Waals surface area contributed by atoms with Gasteiger partial charge in [0, 0.05) is 31.4 Å². The van der Waals surface area contributed by atoms with Gasteiger partial charge in [0.2, 0.25) is 0 Å². The Bertz CT molecular complexity index is 496. The van der Waals surface area contributed by atoms with Crippen LogP contribution in [-0.2, 0) is 0 Å². The van der Waals surface area contributed by atoms with E-state index in [0.29, 0.717) is 5.92 Å². The Hall–Kier alpha value is -1.20. The van der Waals surface area contributed by atoms with Crippen LogP contribution in [0.1, 0.15) is 16.9 Å². The molecule has 2 fully saturated rings. The molecule has 18 heavy (non-hydrogen) atoms. The second-order valence-corrected chi connectivity index (χ2v) is 5.28. The molecular weight excluding hydrogens is 257 g/mol. The summed E-state index contributed by atoms with van der Waals surface area (Å²) in [6, 6.07) is 1.23. The van der Waals surface area contributed by atoms with Gasteiger partial charge in [0.1, 0.15) is 11.5 Å². The molecule has 0 radical (unpaired) electrons. The van der Waals surface area contributed by atoms with E-state index in [1.165, 1.54) is 0 Å². The number of amides is 1. The Balaban J connectivity index is 1.69. The summed E-state index contributed by atoms with van der Waals surface area (Å²) in [6.07, 6.45) is 2.28. The molecule has 4 nitrogen and oxygen atoms in total. The SMILES string of the molecule is O=C(NC1CN2CC[C@H]1C2)c1cc(F)c(Cl)cn1. The van der Waals surface area contributed by atoms with Crippen LogP contribution >= 0.6 is 11.6 Å². The van der Waals surface area contributed by atoms with Gasteiger partial charge in [-0.25, -0.2) is 9.37 Å². The Labute approximate surface area is 109 Å². The van der Waals surface area contributed by atoms with Crippen LogP contribution in [0.15, 0.2) is 12.3 Å². The van der Waals surface area contributed by atoms with Crippen LogP contribution in [0.4, 0.5) is 4.39 Å². The molecule has 2 bridgehead atoms. The summed E-state index contributed by atoms with van der Waals surface area (Å²) < 4.78 is 13.2. The second-order valence-electron chi connectivity index (χ2n) is 4.87. The first-order valence-electron chi connectivity index (χ1n) is 5.98. The van der Waals surface area contributed by atoms with Crippen molar-refractivity contribution in [3.05, 3.63) is 28.8 Å². The third-order valence-electron chi connectivity index (χ3n) is 3.69. The van der Waals surface area contributed by atoms with E-state index in [0.717, 1.165) is 38.3 Å². The standard InChI is InChI=1S/C12H13ClFN3O/c13-8-4-15-10(3-9(8)14)12(18)16-11-6-17-2-1-7(11)5-17/h3-4,7,11H,1-2,5-6H2,(H,16,18)/t7-,11?/m0/s1. The lowest BCUT2D eigenvalue weighted by Crippen LogP contribution is -2.43. The Morgan fingerprint density at radius 1 is 1.56 bits per heavy atom. The number of nitrogens with one attached hydrogen (secondary N) is 1. The van der Waals surface area contributed by atoms with E-state index in [1.807, 2.05) is 0 Å². The van der Waals surface area contributed by atoms with E-state index in [1.54, 1.807) is 0 Å². The van der Waals surface area contributed by atoms with Crippen molar-refractivity contribution in [3.63, 3.8) is 0 Å². The first kappa shape index (κ1) is 11.9. The van der Waals surface area contributed by atoms with Gasteiger partial charge in [-0.15, -0.1) is 0 Å². The van der Waals surface area contributed by atoms with Crippen LogP contribution in [0.25, 0.3) is 0 Å². The van der Waals surface area contributed by atoms with Gasteiger partial charge in [-0.2, -0.15) is 0 Å². The molecule has 2 saturated heterocycles. The maximum Gasteiger partial charge on any atom is 0.270 e. The molecule has 1 aromatic rings. The number of pyridine rings is 1. The third kappa shape index (κ3) is 2.08. The molecule has 2 aliphatic rings. The predicted octanol–water partition coefficient (Wildman–Crippen LogP) is 1.31. The first-order chi connectivity index (χ1) is 8.63. The molecule has 3 rings (SSSR count). The molecule has 6 heteroatoms. The number of nitrogens with zero attached hydrogens (tertiary/aromatic N) is 2. The molecule has 0 spiro atoms. The van der Waals surface area contributed by atoms with Crippen molar-refractivity contribution in [2.75, 3.05) is 19.6 Å². The summed E-state index contributed by atoms with van der Waals surface area (Å²) in [5, 5.41) is 2.85. The molecule has 2 unspecified atom stereocenters. The van der Waals surface area contributed by atoms with Gasteiger partial charge in [0.15, 0.2) is 0 Å². The number of fused-ring (bicyclic) bond motifs is 2. The molecule has 1 amide bonds. The van der Waals surface area contributed by atoms with E-state index < -0.39 is 5.82 Å². The number of hydrogen-bond donors (Lipinski definition) is 1. The highest BCUT2D eigenvalue weighted by Gasteiger charge is 2.38.